The maximum absolute atomic E-state index is 12.4. The minimum atomic E-state index is -0.587. The van der Waals surface area contributed by atoms with E-state index in [1.807, 2.05) is 48.5 Å². The summed E-state index contributed by atoms with van der Waals surface area (Å²) in [5.74, 6) is 0.911. The Morgan fingerprint density at radius 3 is 2.54 bits per heavy atom. The molecule has 0 saturated heterocycles. The zero-order valence-electron chi connectivity index (χ0n) is 14.7. The van der Waals surface area contributed by atoms with Gasteiger partial charge in [-0.15, -0.1) is 0 Å². The van der Waals surface area contributed by atoms with Crippen molar-refractivity contribution in [3.8, 4) is 5.75 Å². The predicted octanol–water partition coefficient (Wildman–Crippen LogP) is 4.36. The number of hydrogen-bond donors (Lipinski definition) is 1. The van der Waals surface area contributed by atoms with Crippen LogP contribution >= 0.6 is 0 Å². The molecule has 0 radical (unpaired) electrons. The van der Waals surface area contributed by atoms with Gasteiger partial charge < -0.3 is 14.8 Å². The van der Waals surface area contributed by atoms with Gasteiger partial charge in [-0.2, -0.15) is 0 Å². The normalized spacial score (nSPS) is 12.0. The molecule has 2 rings (SSSR count). The first-order chi connectivity index (χ1) is 11.5. The summed E-state index contributed by atoms with van der Waals surface area (Å²) in [7, 11) is 1.65. The number of carbonyl (C=O) groups excluding carboxylic acids is 1. The van der Waals surface area contributed by atoms with Gasteiger partial charge in [-0.05, 0) is 42.2 Å². The number of hydrogen-bond acceptors (Lipinski definition) is 3. The van der Waals surface area contributed by atoms with Crippen LogP contribution in [0.15, 0.2) is 48.5 Å². The van der Waals surface area contributed by atoms with Crippen LogP contribution in [0, 0.1) is 0 Å². The number of anilines is 1. The number of ether oxygens (including phenoxy) is 2. The lowest BCUT2D eigenvalue weighted by atomic mass is 10.0. The molecule has 0 bridgehead atoms. The molecule has 0 aliphatic rings. The number of benzene rings is 2. The summed E-state index contributed by atoms with van der Waals surface area (Å²) in [5, 5.41) is 2.89. The number of methoxy groups -OCH3 is 1. The zero-order valence-corrected chi connectivity index (χ0v) is 14.7. The van der Waals surface area contributed by atoms with Crippen LogP contribution in [0.5, 0.6) is 5.75 Å². The van der Waals surface area contributed by atoms with E-state index in [2.05, 4.69) is 19.2 Å². The second-order valence-corrected chi connectivity index (χ2v) is 6.08. The molecule has 128 valence electrons. The average Bonchev–Trinajstić information content (AvgIpc) is 2.55. The molecule has 0 aliphatic carbocycles. The Hall–Kier alpha value is -2.33. The number of rotatable bonds is 7. The first kappa shape index (κ1) is 18.0. The SMILES string of the molecule is COCc1cccc(NC(=O)C(C)Oc2ccccc2C(C)C)c1. The molecule has 1 amide bonds. The second-order valence-electron chi connectivity index (χ2n) is 6.08. The highest BCUT2D eigenvalue weighted by Crippen LogP contribution is 2.26. The molecule has 2 aromatic rings. The summed E-state index contributed by atoms with van der Waals surface area (Å²) >= 11 is 0. The van der Waals surface area contributed by atoms with E-state index in [4.69, 9.17) is 9.47 Å². The molecule has 0 heterocycles. The summed E-state index contributed by atoms with van der Waals surface area (Å²) < 4.78 is 11.0. The molecule has 0 spiro atoms. The Morgan fingerprint density at radius 2 is 1.83 bits per heavy atom. The lowest BCUT2D eigenvalue weighted by Gasteiger charge is -2.19. The largest absolute Gasteiger partial charge is 0.481 e. The first-order valence-corrected chi connectivity index (χ1v) is 8.15. The molecule has 0 aliphatic heterocycles. The molecule has 4 nitrogen and oxygen atoms in total. The quantitative estimate of drug-likeness (QED) is 0.822. The van der Waals surface area contributed by atoms with E-state index >= 15 is 0 Å². The summed E-state index contributed by atoms with van der Waals surface area (Å²) in [4.78, 5) is 12.4. The van der Waals surface area contributed by atoms with Gasteiger partial charge in [-0.1, -0.05) is 44.2 Å². The molecule has 4 heteroatoms. The molecule has 1 N–H and O–H groups in total. The fourth-order valence-electron chi connectivity index (χ4n) is 2.46. The minimum absolute atomic E-state index is 0.178. The number of carbonyl (C=O) groups is 1. The molecule has 24 heavy (non-hydrogen) atoms. The van der Waals surface area contributed by atoms with Crippen molar-refractivity contribution < 1.29 is 14.3 Å². The third-order valence-electron chi connectivity index (χ3n) is 3.72. The van der Waals surface area contributed by atoms with Gasteiger partial charge in [0.25, 0.3) is 5.91 Å². The Labute approximate surface area is 143 Å². The van der Waals surface area contributed by atoms with Crippen LogP contribution in [0.1, 0.15) is 37.8 Å². The Bertz CT molecular complexity index is 682. The molecule has 0 aromatic heterocycles. The van der Waals surface area contributed by atoms with Crippen LogP contribution in [0.25, 0.3) is 0 Å². The maximum Gasteiger partial charge on any atom is 0.265 e. The van der Waals surface area contributed by atoms with Gasteiger partial charge in [0, 0.05) is 12.8 Å². The number of para-hydroxylation sites is 1. The zero-order chi connectivity index (χ0) is 17.5. The Kier molecular flexibility index (Phi) is 6.38. The van der Waals surface area contributed by atoms with Crippen LogP contribution < -0.4 is 10.1 Å². The fraction of sp³-hybridized carbons (Fsp3) is 0.350. The van der Waals surface area contributed by atoms with Crippen molar-refractivity contribution in [3.63, 3.8) is 0 Å². The smallest absolute Gasteiger partial charge is 0.265 e. The van der Waals surface area contributed by atoms with Crippen molar-refractivity contribution in [2.75, 3.05) is 12.4 Å². The minimum Gasteiger partial charge on any atom is -0.481 e. The van der Waals surface area contributed by atoms with E-state index in [0.29, 0.717) is 12.5 Å². The maximum atomic E-state index is 12.4. The van der Waals surface area contributed by atoms with Crippen molar-refractivity contribution >= 4 is 11.6 Å². The monoisotopic (exact) mass is 327 g/mol. The van der Waals surface area contributed by atoms with E-state index in [9.17, 15) is 4.79 Å². The molecule has 1 atom stereocenters. The second kappa shape index (κ2) is 8.50. The van der Waals surface area contributed by atoms with E-state index in [1.54, 1.807) is 14.0 Å². The summed E-state index contributed by atoms with van der Waals surface area (Å²) in [6.45, 7) is 6.48. The summed E-state index contributed by atoms with van der Waals surface area (Å²) in [6.07, 6.45) is -0.587. The molecular formula is C20H25NO3. The fourth-order valence-corrected chi connectivity index (χ4v) is 2.46. The van der Waals surface area contributed by atoms with Crippen LogP contribution in [0.2, 0.25) is 0 Å². The highest BCUT2D eigenvalue weighted by molar-refractivity contribution is 5.94. The third-order valence-corrected chi connectivity index (χ3v) is 3.72. The highest BCUT2D eigenvalue weighted by atomic mass is 16.5. The van der Waals surface area contributed by atoms with Gasteiger partial charge in [0.15, 0.2) is 6.10 Å². The lowest BCUT2D eigenvalue weighted by molar-refractivity contribution is -0.122. The van der Waals surface area contributed by atoms with E-state index < -0.39 is 6.10 Å². The first-order valence-electron chi connectivity index (χ1n) is 8.15. The Balaban J connectivity index is 2.04. The van der Waals surface area contributed by atoms with E-state index in [0.717, 1.165) is 22.6 Å². The van der Waals surface area contributed by atoms with E-state index in [1.165, 1.54) is 0 Å². The van der Waals surface area contributed by atoms with Gasteiger partial charge >= 0.3 is 0 Å². The van der Waals surface area contributed by atoms with Crippen molar-refractivity contribution in [1.29, 1.82) is 0 Å². The van der Waals surface area contributed by atoms with Crippen LogP contribution in [0.4, 0.5) is 5.69 Å². The third kappa shape index (κ3) is 4.83. The molecule has 2 aromatic carbocycles. The molecule has 1 unspecified atom stereocenters. The number of amides is 1. The van der Waals surface area contributed by atoms with E-state index in [-0.39, 0.29) is 5.91 Å². The summed E-state index contributed by atoms with van der Waals surface area (Å²) in [5.41, 5.74) is 2.84. The average molecular weight is 327 g/mol. The van der Waals surface area contributed by atoms with Crippen molar-refractivity contribution in [2.24, 2.45) is 0 Å². The highest BCUT2D eigenvalue weighted by Gasteiger charge is 2.17. The lowest BCUT2D eigenvalue weighted by Crippen LogP contribution is -2.30. The van der Waals surface area contributed by atoms with Crippen molar-refractivity contribution in [1.82, 2.24) is 0 Å². The van der Waals surface area contributed by atoms with Gasteiger partial charge in [0.05, 0.1) is 6.61 Å². The topological polar surface area (TPSA) is 47.6 Å². The molecular weight excluding hydrogens is 302 g/mol. The Morgan fingerprint density at radius 1 is 1.08 bits per heavy atom. The predicted molar refractivity (Wildman–Crippen MR) is 96.4 cm³/mol. The van der Waals surface area contributed by atoms with Gasteiger partial charge in [0.2, 0.25) is 0 Å². The molecule has 0 saturated carbocycles. The van der Waals surface area contributed by atoms with Gasteiger partial charge in [-0.3, -0.25) is 4.79 Å². The molecule has 0 fully saturated rings. The van der Waals surface area contributed by atoms with Crippen molar-refractivity contribution in [3.05, 3.63) is 59.7 Å². The van der Waals surface area contributed by atoms with Gasteiger partial charge in [-0.25, -0.2) is 0 Å². The summed E-state index contributed by atoms with van der Waals surface area (Å²) in [6, 6.07) is 15.4. The number of nitrogens with one attached hydrogen (secondary N) is 1. The van der Waals surface area contributed by atoms with Crippen LogP contribution in [-0.2, 0) is 16.1 Å². The van der Waals surface area contributed by atoms with Crippen molar-refractivity contribution in [2.45, 2.75) is 39.4 Å². The standard InChI is InChI=1S/C20H25NO3/c1-14(2)18-10-5-6-11-19(18)24-15(3)20(22)21-17-9-7-8-16(12-17)13-23-4/h5-12,14-15H,13H2,1-4H3,(H,21,22). The van der Waals surface area contributed by atoms with Crippen LogP contribution in [-0.4, -0.2) is 19.1 Å². The van der Waals surface area contributed by atoms with Gasteiger partial charge in [0.1, 0.15) is 5.75 Å². The van der Waals surface area contributed by atoms with Crippen LogP contribution in [0.3, 0.4) is 0 Å².